The lowest BCUT2D eigenvalue weighted by Crippen LogP contribution is -2.21. The van der Waals surface area contributed by atoms with E-state index in [4.69, 9.17) is 27.9 Å². The van der Waals surface area contributed by atoms with Crippen LogP contribution < -0.4 is 10.1 Å². The summed E-state index contributed by atoms with van der Waals surface area (Å²) in [4.78, 5) is 1.12. The largest absolute Gasteiger partial charge is 0.496 e. The number of rotatable bonds is 5. The Balaban J connectivity index is 2.42. The van der Waals surface area contributed by atoms with Gasteiger partial charge < -0.3 is 10.1 Å². The number of halogens is 2. The van der Waals surface area contributed by atoms with E-state index in [1.165, 1.54) is 11.3 Å². The minimum absolute atomic E-state index is 0.0289. The van der Waals surface area contributed by atoms with Gasteiger partial charge in [-0.2, -0.15) is 0 Å². The molecule has 0 fully saturated rings. The van der Waals surface area contributed by atoms with E-state index >= 15 is 0 Å². The van der Waals surface area contributed by atoms with Crippen molar-refractivity contribution >= 4 is 45.9 Å². The van der Waals surface area contributed by atoms with Gasteiger partial charge >= 0.3 is 0 Å². The van der Waals surface area contributed by atoms with Crippen LogP contribution in [-0.2, 0) is 0 Å². The third-order valence-electron chi connectivity index (χ3n) is 2.54. The van der Waals surface area contributed by atoms with Crippen molar-refractivity contribution in [3.63, 3.8) is 0 Å². The van der Waals surface area contributed by atoms with Crippen LogP contribution in [0.2, 0.25) is 8.67 Å². The summed E-state index contributed by atoms with van der Waals surface area (Å²) >= 11 is 15.3. The molecule has 0 aliphatic rings. The maximum absolute atomic E-state index is 6.25. The van der Waals surface area contributed by atoms with Crippen molar-refractivity contribution in [2.45, 2.75) is 13.0 Å². The topological polar surface area (TPSA) is 21.3 Å². The number of ether oxygens (including phenoxy) is 1. The van der Waals surface area contributed by atoms with Crippen molar-refractivity contribution in [3.8, 4) is 5.75 Å². The number of thiophene rings is 2. The Hall–Kier alpha value is -0.260. The Morgan fingerprint density at radius 2 is 2.22 bits per heavy atom. The van der Waals surface area contributed by atoms with Crippen LogP contribution in [0.25, 0.3) is 0 Å². The first kappa shape index (κ1) is 14.2. The van der Waals surface area contributed by atoms with Crippen molar-refractivity contribution in [1.29, 1.82) is 0 Å². The average Bonchev–Trinajstić information content (AvgIpc) is 2.92. The predicted octanol–water partition coefficient (Wildman–Crippen LogP) is 4.82. The molecule has 0 amide bonds. The molecule has 0 saturated carbocycles. The molecule has 1 N–H and O–H groups in total. The lowest BCUT2D eigenvalue weighted by atomic mass is 10.1. The highest BCUT2D eigenvalue weighted by Crippen LogP contribution is 2.41. The Labute approximate surface area is 124 Å². The predicted molar refractivity (Wildman–Crippen MR) is 80.7 cm³/mol. The second-order valence-electron chi connectivity index (χ2n) is 3.62. The monoisotopic (exact) mass is 321 g/mol. The second-order valence-corrected chi connectivity index (χ2v) is 6.86. The van der Waals surface area contributed by atoms with E-state index in [0.29, 0.717) is 4.34 Å². The fourth-order valence-electron chi connectivity index (χ4n) is 1.79. The molecule has 2 aromatic rings. The highest BCUT2D eigenvalue weighted by atomic mass is 35.5. The van der Waals surface area contributed by atoms with Crippen LogP contribution in [-0.4, -0.2) is 13.7 Å². The first-order chi connectivity index (χ1) is 8.67. The Kier molecular flexibility index (Phi) is 4.92. The van der Waals surface area contributed by atoms with Crippen LogP contribution in [0.1, 0.15) is 23.4 Å². The quantitative estimate of drug-likeness (QED) is 0.852. The van der Waals surface area contributed by atoms with Gasteiger partial charge in [-0.1, -0.05) is 30.1 Å². The SMILES string of the molecule is CCNC(c1cc(Cl)sc1Cl)c1sccc1OC. The van der Waals surface area contributed by atoms with E-state index in [-0.39, 0.29) is 6.04 Å². The lowest BCUT2D eigenvalue weighted by Gasteiger charge is -2.17. The minimum Gasteiger partial charge on any atom is -0.496 e. The summed E-state index contributed by atoms with van der Waals surface area (Å²) in [5, 5.41) is 5.44. The van der Waals surface area contributed by atoms with Crippen LogP contribution >= 0.6 is 45.9 Å². The zero-order chi connectivity index (χ0) is 13.1. The number of methoxy groups -OCH3 is 1. The van der Waals surface area contributed by atoms with Gasteiger partial charge in [0.1, 0.15) is 5.75 Å². The molecule has 1 unspecified atom stereocenters. The van der Waals surface area contributed by atoms with Crippen LogP contribution in [0.15, 0.2) is 17.5 Å². The number of nitrogens with one attached hydrogen (secondary N) is 1. The van der Waals surface area contributed by atoms with E-state index in [2.05, 4.69) is 12.2 Å². The summed E-state index contributed by atoms with van der Waals surface area (Å²) in [5.41, 5.74) is 1.01. The van der Waals surface area contributed by atoms with E-state index in [0.717, 1.165) is 27.1 Å². The third-order valence-corrected chi connectivity index (χ3v) is 5.02. The summed E-state index contributed by atoms with van der Waals surface area (Å²) in [6.45, 7) is 2.91. The number of hydrogen-bond donors (Lipinski definition) is 1. The highest BCUT2D eigenvalue weighted by Gasteiger charge is 2.23. The fourth-order valence-corrected chi connectivity index (χ4v) is 4.27. The van der Waals surface area contributed by atoms with Gasteiger partial charge in [0, 0.05) is 5.56 Å². The Bertz CT molecular complexity index is 524. The van der Waals surface area contributed by atoms with Gasteiger partial charge in [-0.05, 0) is 24.1 Å². The van der Waals surface area contributed by atoms with Gasteiger partial charge in [0.25, 0.3) is 0 Å². The molecule has 0 bridgehead atoms. The Morgan fingerprint density at radius 1 is 1.44 bits per heavy atom. The van der Waals surface area contributed by atoms with Crippen molar-refractivity contribution in [3.05, 3.63) is 36.6 Å². The van der Waals surface area contributed by atoms with Crippen LogP contribution in [0, 0.1) is 0 Å². The molecule has 18 heavy (non-hydrogen) atoms. The van der Waals surface area contributed by atoms with Gasteiger partial charge in [0.15, 0.2) is 0 Å². The summed E-state index contributed by atoms with van der Waals surface area (Å²) in [7, 11) is 1.68. The summed E-state index contributed by atoms with van der Waals surface area (Å²) in [6.07, 6.45) is 0. The summed E-state index contributed by atoms with van der Waals surface area (Å²) in [6, 6.07) is 3.91. The van der Waals surface area contributed by atoms with Gasteiger partial charge in [-0.25, -0.2) is 0 Å². The van der Waals surface area contributed by atoms with Gasteiger partial charge in [-0.3, -0.25) is 0 Å². The molecule has 0 spiro atoms. The van der Waals surface area contributed by atoms with Crippen molar-refractivity contribution in [2.75, 3.05) is 13.7 Å². The molecule has 0 saturated heterocycles. The van der Waals surface area contributed by atoms with E-state index in [1.807, 2.05) is 17.5 Å². The van der Waals surface area contributed by atoms with E-state index < -0.39 is 0 Å². The summed E-state index contributed by atoms with van der Waals surface area (Å²) in [5.74, 6) is 0.879. The normalized spacial score (nSPS) is 12.7. The molecule has 6 heteroatoms. The molecule has 0 aliphatic carbocycles. The maximum atomic E-state index is 6.25. The van der Waals surface area contributed by atoms with Crippen LogP contribution in [0.4, 0.5) is 0 Å². The first-order valence-electron chi connectivity index (χ1n) is 5.46. The lowest BCUT2D eigenvalue weighted by molar-refractivity contribution is 0.408. The molecule has 0 radical (unpaired) electrons. The van der Waals surface area contributed by atoms with Gasteiger partial charge in [-0.15, -0.1) is 22.7 Å². The summed E-state index contributed by atoms with van der Waals surface area (Å²) < 4.78 is 6.80. The molecule has 98 valence electrons. The van der Waals surface area contributed by atoms with Crippen LogP contribution in [0.5, 0.6) is 5.75 Å². The molecule has 2 rings (SSSR count). The third kappa shape index (κ3) is 2.83. The van der Waals surface area contributed by atoms with Gasteiger partial charge in [0.2, 0.25) is 0 Å². The van der Waals surface area contributed by atoms with Crippen LogP contribution in [0.3, 0.4) is 0 Å². The molecular weight excluding hydrogens is 309 g/mol. The molecule has 2 nitrogen and oxygen atoms in total. The zero-order valence-electron chi connectivity index (χ0n) is 10.00. The van der Waals surface area contributed by atoms with Gasteiger partial charge in [0.05, 0.1) is 26.7 Å². The molecule has 0 aromatic carbocycles. The molecule has 2 heterocycles. The molecule has 1 atom stereocenters. The molecular formula is C12H13Cl2NOS2. The number of hydrogen-bond acceptors (Lipinski definition) is 4. The fraction of sp³-hybridized carbons (Fsp3) is 0.333. The van der Waals surface area contributed by atoms with Crippen molar-refractivity contribution < 1.29 is 4.74 Å². The molecule has 2 aromatic heterocycles. The van der Waals surface area contributed by atoms with E-state index in [1.54, 1.807) is 18.4 Å². The highest BCUT2D eigenvalue weighted by molar-refractivity contribution is 7.20. The minimum atomic E-state index is 0.0289. The molecule has 0 aliphatic heterocycles. The maximum Gasteiger partial charge on any atom is 0.134 e. The standard InChI is InChI=1S/C12H13Cl2NOS2/c1-3-15-10(7-6-9(13)18-12(7)14)11-8(16-2)4-5-17-11/h4-6,10,15H,3H2,1-2H3. The van der Waals surface area contributed by atoms with Crippen molar-refractivity contribution in [2.24, 2.45) is 0 Å². The average molecular weight is 322 g/mol. The second kappa shape index (κ2) is 6.26. The Morgan fingerprint density at radius 3 is 2.78 bits per heavy atom. The first-order valence-corrected chi connectivity index (χ1v) is 7.92. The van der Waals surface area contributed by atoms with E-state index in [9.17, 15) is 0 Å². The zero-order valence-corrected chi connectivity index (χ0v) is 13.1. The van der Waals surface area contributed by atoms with Crippen molar-refractivity contribution in [1.82, 2.24) is 5.32 Å². The smallest absolute Gasteiger partial charge is 0.134 e.